The molecule has 16 heavy (non-hydrogen) atoms. The first kappa shape index (κ1) is 11.9. The summed E-state index contributed by atoms with van der Waals surface area (Å²) in [5.74, 6) is 0.663. The van der Waals surface area contributed by atoms with Crippen LogP contribution in [0.15, 0.2) is 22.3 Å². The van der Waals surface area contributed by atoms with Crippen LogP contribution in [0.1, 0.15) is 47.5 Å². The molecule has 0 radical (unpaired) electrons. The minimum Gasteiger partial charge on any atom is -0.297 e. The Labute approximate surface area is 100 Å². The zero-order valence-corrected chi connectivity index (χ0v) is 11.4. The second kappa shape index (κ2) is 4.37. The molecule has 90 valence electrons. The van der Waals surface area contributed by atoms with Crippen LogP contribution in [0.2, 0.25) is 0 Å². The topological polar surface area (TPSA) is 3.24 Å². The lowest BCUT2D eigenvalue weighted by Crippen LogP contribution is -2.33. The minimum atomic E-state index is 0.643. The highest BCUT2D eigenvalue weighted by molar-refractivity contribution is 5.48. The van der Waals surface area contributed by atoms with E-state index in [9.17, 15) is 0 Å². The fourth-order valence-electron chi connectivity index (χ4n) is 3.40. The summed E-state index contributed by atoms with van der Waals surface area (Å²) in [5.41, 5.74) is 6.35. The molecule has 0 saturated carbocycles. The lowest BCUT2D eigenvalue weighted by molar-refractivity contribution is 0.279. The Morgan fingerprint density at radius 2 is 1.62 bits per heavy atom. The second-order valence-corrected chi connectivity index (χ2v) is 5.53. The van der Waals surface area contributed by atoms with Crippen LogP contribution in [0.3, 0.4) is 0 Å². The van der Waals surface area contributed by atoms with Crippen LogP contribution in [0, 0.1) is 5.92 Å². The number of allylic oxidation sites excluding steroid dienone is 3. The van der Waals surface area contributed by atoms with Crippen molar-refractivity contribution in [2.75, 3.05) is 13.1 Å². The van der Waals surface area contributed by atoms with Gasteiger partial charge in [-0.25, -0.2) is 0 Å². The molecular formula is C15H25N. The Morgan fingerprint density at radius 1 is 1.06 bits per heavy atom. The van der Waals surface area contributed by atoms with Crippen molar-refractivity contribution in [2.24, 2.45) is 5.92 Å². The van der Waals surface area contributed by atoms with Crippen molar-refractivity contribution in [3.8, 4) is 0 Å². The highest BCUT2D eigenvalue weighted by atomic mass is 15.2. The molecular weight excluding hydrogens is 194 g/mol. The molecule has 2 aliphatic rings. The van der Waals surface area contributed by atoms with Gasteiger partial charge in [0.15, 0.2) is 0 Å². The predicted molar refractivity (Wildman–Crippen MR) is 70.5 cm³/mol. The average Bonchev–Trinajstić information content (AvgIpc) is 2.84. The molecule has 0 aromatic carbocycles. The summed E-state index contributed by atoms with van der Waals surface area (Å²) in [7, 11) is 0. The molecule has 2 unspecified atom stereocenters. The number of nitrogens with zero attached hydrogens (tertiary/aromatic N) is 1. The molecule has 0 spiro atoms. The van der Waals surface area contributed by atoms with Crippen LogP contribution in [0.5, 0.6) is 0 Å². The van der Waals surface area contributed by atoms with E-state index >= 15 is 0 Å². The molecule has 1 aliphatic carbocycles. The van der Waals surface area contributed by atoms with Gasteiger partial charge in [0.05, 0.1) is 0 Å². The fourth-order valence-corrected chi connectivity index (χ4v) is 3.40. The van der Waals surface area contributed by atoms with Crippen molar-refractivity contribution in [3.05, 3.63) is 22.3 Å². The lowest BCUT2D eigenvalue weighted by atomic mass is 9.92. The summed E-state index contributed by atoms with van der Waals surface area (Å²) in [4.78, 5) is 2.65. The lowest BCUT2D eigenvalue weighted by Gasteiger charge is -2.29. The standard InChI is InChI=1S/C15H25N/c1-10-11(2)13(4)15(12(10)3)14(5)16-8-6-7-9-16/h12,14H,6-9H2,1-5H3. The summed E-state index contributed by atoms with van der Waals surface area (Å²) in [6, 6.07) is 0.643. The van der Waals surface area contributed by atoms with Crippen molar-refractivity contribution < 1.29 is 0 Å². The molecule has 1 heteroatoms. The normalized spacial score (nSPS) is 29.4. The number of hydrogen-bond acceptors (Lipinski definition) is 1. The second-order valence-electron chi connectivity index (χ2n) is 5.53. The monoisotopic (exact) mass is 219 g/mol. The molecule has 0 aromatic heterocycles. The van der Waals surface area contributed by atoms with Crippen molar-refractivity contribution in [2.45, 2.75) is 53.5 Å². The third-order valence-corrected chi connectivity index (χ3v) is 4.84. The molecule has 2 atom stereocenters. The van der Waals surface area contributed by atoms with Gasteiger partial charge in [-0.1, -0.05) is 12.5 Å². The van der Waals surface area contributed by atoms with Crippen LogP contribution < -0.4 is 0 Å². The van der Waals surface area contributed by atoms with Gasteiger partial charge in [0.25, 0.3) is 0 Å². The number of hydrogen-bond donors (Lipinski definition) is 0. The molecule has 1 heterocycles. The van der Waals surface area contributed by atoms with Crippen LogP contribution in [0.4, 0.5) is 0 Å². The minimum absolute atomic E-state index is 0.643. The number of likely N-dealkylation sites (tertiary alicyclic amines) is 1. The quantitative estimate of drug-likeness (QED) is 0.683. The maximum Gasteiger partial charge on any atom is 0.0290 e. The maximum atomic E-state index is 2.65. The summed E-state index contributed by atoms with van der Waals surface area (Å²) in [5, 5.41) is 0. The van der Waals surface area contributed by atoms with Gasteiger partial charge in [-0.05, 0) is 70.3 Å². The Bertz CT molecular complexity index is 342. The number of rotatable bonds is 2. The summed E-state index contributed by atoms with van der Waals surface area (Å²) < 4.78 is 0. The molecule has 0 amide bonds. The van der Waals surface area contributed by atoms with Gasteiger partial charge in [-0.3, -0.25) is 4.90 Å². The van der Waals surface area contributed by atoms with Gasteiger partial charge < -0.3 is 0 Å². The van der Waals surface area contributed by atoms with Gasteiger partial charge in [0.2, 0.25) is 0 Å². The van der Waals surface area contributed by atoms with Gasteiger partial charge >= 0.3 is 0 Å². The zero-order valence-electron chi connectivity index (χ0n) is 11.4. The molecule has 1 saturated heterocycles. The first-order valence-electron chi connectivity index (χ1n) is 6.66. The molecule has 2 rings (SSSR count). The molecule has 0 aromatic rings. The fraction of sp³-hybridized carbons (Fsp3) is 0.733. The first-order chi connectivity index (χ1) is 7.54. The van der Waals surface area contributed by atoms with Crippen LogP contribution in [-0.2, 0) is 0 Å². The maximum absolute atomic E-state index is 2.65. The van der Waals surface area contributed by atoms with Gasteiger partial charge in [-0.15, -0.1) is 0 Å². The van der Waals surface area contributed by atoms with Crippen LogP contribution in [0.25, 0.3) is 0 Å². The predicted octanol–water partition coefficient (Wildman–Crippen LogP) is 3.77. The Kier molecular flexibility index (Phi) is 3.25. The van der Waals surface area contributed by atoms with Gasteiger partial charge in [0, 0.05) is 12.0 Å². The van der Waals surface area contributed by atoms with Gasteiger partial charge in [-0.2, -0.15) is 0 Å². The van der Waals surface area contributed by atoms with Crippen LogP contribution in [-0.4, -0.2) is 24.0 Å². The Hall–Kier alpha value is -0.560. The van der Waals surface area contributed by atoms with Crippen LogP contribution >= 0.6 is 0 Å². The van der Waals surface area contributed by atoms with Crippen molar-refractivity contribution in [1.29, 1.82) is 0 Å². The average molecular weight is 219 g/mol. The Balaban J connectivity index is 2.22. The van der Waals surface area contributed by atoms with E-state index in [1.807, 2.05) is 0 Å². The highest BCUT2D eigenvalue weighted by Crippen LogP contribution is 2.39. The van der Waals surface area contributed by atoms with E-state index in [0.717, 1.165) is 0 Å². The van der Waals surface area contributed by atoms with Crippen molar-refractivity contribution >= 4 is 0 Å². The van der Waals surface area contributed by atoms with E-state index in [2.05, 4.69) is 39.5 Å². The zero-order chi connectivity index (χ0) is 11.9. The molecule has 0 N–H and O–H groups in total. The third kappa shape index (κ3) is 1.75. The van der Waals surface area contributed by atoms with E-state index in [1.165, 1.54) is 31.5 Å². The molecule has 1 aliphatic heterocycles. The largest absolute Gasteiger partial charge is 0.297 e. The smallest absolute Gasteiger partial charge is 0.0290 e. The van der Waals surface area contributed by atoms with E-state index in [1.54, 1.807) is 16.7 Å². The third-order valence-electron chi connectivity index (χ3n) is 4.84. The van der Waals surface area contributed by atoms with E-state index in [-0.39, 0.29) is 0 Å². The van der Waals surface area contributed by atoms with Gasteiger partial charge in [0.1, 0.15) is 0 Å². The Morgan fingerprint density at radius 3 is 2.06 bits per heavy atom. The molecule has 0 bridgehead atoms. The van der Waals surface area contributed by atoms with E-state index in [4.69, 9.17) is 0 Å². The first-order valence-corrected chi connectivity index (χ1v) is 6.66. The summed E-state index contributed by atoms with van der Waals surface area (Å²) in [6.07, 6.45) is 2.77. The molecule has 1 nitrogen and oxygen atoms in total. The van der Waals surface area contributed by atoms with E-state index < -0.39 is 0 Å². The van der Waals surface area contributed by atoms with Crippen molar-refractivity contribution in [1.82, 2.24) is 4.90 Å². The summed E-state index contributed by atoms with van der Waals surface area (Å²) >= 11 is 0. The van der Waals surface area contributed by atoms with Crippen molar-refractivity contribution in [3.63, 3.8) is 0 Å². The molecule has 1 fully saturated rings. The highest BCUT2D eigenvalue weighted by Gasteiger charge is 2.30. The summed E-state index contributed by atoms with van der Waals surface area (Å²) in [6.45, 7) is 14.2. The SMILES string of the molecule is CC1=C(C)C(C)C(C(C)N2CCCC2)=C1C. The van der Waals surface area contributed by atoms with E-state index in [0.29, 0.717) is 12.0 Å².